The second-order valence-corrected chi connectivity index (χ2v) is 8.81. The molecule has 6 nitrogen and oxygen atoms in total. The van der Waals surface area contributed by atoms with E-state index in [2.05, 4.69) is 13.8 Å². The van der Waals surface area contributed by atoms with E-state index in [0.29, 0.717) is 35.4 Å². The topological polar surface area (TPSA) is 70.8 Å². The third kappa shape index (κ3) is 6.53. The number of hydrogen-bond acceptors (Lipinski definition) is 4. The van der Waals surface area contributed by atoms with Crippen LogP contribution in [0.3, 0.4) is 0 Å². The van der Waals surface area contributed by atoms with Crippen LogP contribution in [-0.2, 0) is 22.7 Å². The van der Waals surface area contributed by atoms with Gasteiger partial charge in [-0.2, -0.15) is 0 Å². The van der Waals surface area contributed by atoms with Crippen molar-refractivity contribution < 1.29 is 18.4 Å². The van der Waals surface area contributed by atoms with Crippen LogP contribution in [0.1, 0.15) is 44.7 Å². The molecule has 0 aliphatic rings. The van der Waals surface area contributed by atoms with Crippen molar-refractivity contribution in [1.29, 1.82) is 0 Å². The zero-order valence-electron chi connectivity index (χ0n) is 19.9. The van der Waals surface area contributed by atoms with E-state index < -0.39 is 0 Å². The van der Waals surface area contributed by atoms with E-state index in [-0.39, 0.29) is 42.7 Å². The number of amides is 2. The average Bonchev–Trinajstić information content (AvgIpc) is 2.83. The maximum atomic E-state index is 13.4. The van der Waals surface area contributed by atoms with Crippen LogP contribution in [0.2, 0.25) is 0 Å². The molecule has 0 spiro atoms. The fourth-order valence-corrected chi connectivity index (χ4v) is 3.67. The van der Waals surface area contributed by atoms with Gasteiger partial charge in [-0.15, -0.1) is 0 Å². The maximum Gasteiger partial charge on any atom is 0.242 e. The summed E-state index contributed by atoms with van der Waals surface area (Å²) in [4.78, 5) is 42.0. The molecule has 7 heteroatoms. The summed E-state index contributed by atoms with van der Waals surface area (Å²) in [6.45, 7) is 6.49. The van der Waals surface area contributed by atoms with Crippen LogP contribution >= 0.6 is 0 Å². The summed E-state index contributed by atoms with van der Waals surface area (Å²) >= 11 is 0. The van der Waals surface area contributed by atoms with E-state index in [1.165, 1.54) is 23.3 Å². The lowest BCUT2D eigenvalue weighted by Gasteiger charge is -2.28. The number of carbonyl (C=O) groups excluding carboxylic acids is 2. The van der Waals surface area contributed by atoms with Gasteiger partial charge in [-0.1, -0.05) is 45.0 Å². The van der Waals surface area contributed by atoms with E-state index in [1.807, 2.05) is 0 Å². The van der Waals surface area contributed by atoms with E-state index >= 15 is 0 Å². The Morgan fingerprint density at radius 3 is 2.35 bits per heavy atom. The van der Waals surface area contributed by atoms with E-state index in [4.69, 9.17) is 4.42 Å². The first-order chi connectivity index (χ1) is 16.3. The predicted molar refractivity (Wildman–Crippen MR) is 129 cm³/mol. The summed E-state index contributed by atoms with van der Waals surface area (Å²) in [6.07, 6.45) is 2.46. The lowest BCUT2D eigenvalue weighted by molar-refractivity contribution is -0.141. The molecule has 3 rings (SSSR count). The van der Waals surface area contributed by atoms with Crippen LogP contribution in [0.15, 0.2) is 64.0 Å². The zero-order chi connectivity index (χ0) is 24.7. The first-order valence-electron chi connectivity index (χ1n) is 11.6. The Balaban J connectivity index is 1.88. The van der Waals surface area contributed by atoms with Gasteiger partial charge in [0.1, 0.15) is 11.4 Å². The Morgan fingerprint density at radius 2 is 1.68 bits per heavy atom. The minimum atomic E-state index is -0.370. The lowest BCUT2D eigenvalue weighted by Crippen LogP contribution is -2.43. The molecule has 0 aliphatic carbocycles. The van der Waals surface area contributed by atoms with Crippen molar-refractivity contribution in [3.05, 3.63) is 82.0 Å². The molecule has 2 amide bonds. The van der Waals surface area contributed by atoms with Crippen LogP contribution in [0.4, 0.5) is 4.39 Å². The van der Waals surface area contributed by atoms with Gasteiger partial charge >= 0.3 is 0 Å². The molecule has 0 atom stereocenters. The minimum absolute atomic E-state index is 0.0156. The molecule has 0 bridgehead atoms. The molecule has 0 saturated carbocycles. The fraction of sp³-hybridized carbons (Fsp3) is 0.370. The molecule has 180 valence electrons. The van der Waals surface area contributed by atoms with Crippen LogP contribution in [0, 0.1) is 11.7 Å². The third-order valence-corrected chi connectivity index (χ3v) is 5.71. The molecular weight excluding hydrogens is 435 g/mol. The summed E-state index contributed by atoms with van der Waals surface area (Å²) in [5.74, 6) is -0.367. The van der Waals surface area contributed by atoms with Crippen molar-refractivity contribution in [2.45, 2.75) is 46.7 Å². The van der Waals surface area contributed by atoms with Crippen LogP contribution in [0.25, 0.3) is 11.0 Å². The number of carbonyl (C=O) groups is 2. The summed E-state index contributed by atoms with van der Waals surface area (Å²) < 4.78 is 19.0. The van der Waals surface area contributed by atoms with E-state index in [1.54, 1.807) is 48.2 Å². The van der Waals surface area contributed by atoms with Crippen molar-refractivity contribution in [2.24, 2.45) is 5.92 Å². The van der Waals surface area contributed by atoms with E-state index in [0.717, 1.165) is 12.0 Å². The highest BCUT2D eigenvalue weighted by Crippen LogP contribution is 2.15. The number of nitrogens with zero attached hydrogens (tertiary/aromatic N) is 2. The van der Waals surface area contributed by atoms with Gasteiger partial charge in [0.15, 0.2) is 5.43 Å². The normalized spacial score (nSPS) is 11.1. The number of fused-ring (bicyclic) bond motifs is 1. The highest BCUT2D eigenvalue weighted by Gasteiger charge is 2.22. The number of halogens is 1. The Labute approximate surface area is 199 Å². The second kappa shape index (κ2) is 11.6. The van der Waals surface area contributed by atoms with Crippen molar-refractivity contribution in [1.82, 2.24) is 9.80 Å². The monoisotopic (exact) mass is 466 g/mol. The molecular formula is C27H31FN2O4. The van der Waals surface area contributed by atoms with Crippen LogP contribution in [0.5, 0.6) is 0 Å². The summed E-state index contributed by atoms with van der Waals surface area (Å²) in [7, 11) is 0. The van der Waals surface area contributed by atoms with Crippen LogP contribution in [-0.4, -0.2) is 34.7 Å². The number of para-hydroxylation sites is 1. The molecule has 0 unspecified atom stereocenters. The standard InChI is InChI=1S/C27H31FN2O4/c1-4-25(31)29(14-13-19(2)3)17-26(32)30(15-20-9-11-22(28)12-10-20)16-21-18-34-24-8-6-5-7-23(24)27(21)33/h5-12,18-19H,4,13-17H2,1-3H3. The molecule has 0 N–H and O–H groups in total. The average molecular weight is 467 g/mol. The first-order valence-corrected chi connectivity index (χ1v) is 11.6. The zero-order valence-corrected chi connectivity index (χ0v) is 19.9. The Morgan fingerprint density at radius 1 is 0.971 bits per heavy atom. The van der Waals surface area contributed by atoms with Crippen molar-refractivity contribution in [3.8, 4) is 0 Å². The fourth-order valence-electron chi connectivity index (χ4n) is 3.67. The van der Waals surface area contributed by atoms with E-state index in [9.17, 15) is 18.8 Å². The number of benzene rings is 2. The second-order valence-electron chi connectivity index (χ2n) is 8.81. The Hall–Kier alpha value is -3.48. The summed E-state index contributed by atoms with van der Waals surface area (Å²) in [5, 5.41) is 0.439. The van der Waals surface area contributed by atoms with Crippen molar-refractivity contribution in [3.63, 3.8) is 0 Å². The molecule has 3 aromatic rings. The predicted octanol–water partition coefficient (Wildman–Crippen LogP) is 4.75. The lowest BCUT2D eigenvalue weighted by atomic mass is 10.1. The highest BCUT2D eigenvalue weighted by atomic mass is 19.1. The molecule has 0 saturated heterocycles. The van der Waals surface area contributed by atoms with Gasteiger partial charge in [-0.3, -0.25) is 14.4 Å². The molecule has 1 aromatic heterocycles. The highest BCUT2D eigenvalue weighted by molar-refractivity contribution is 5.85. The maximum absolute atomic E-state index is 13.4. The molecule has 0 fully saturated rings. The van der Waals surface area contributed by atoms with Crippen LogP contribution < -0.4 is 5.43 Å². The Kier molecular flexibility index (Phi) is 8.57. The molecule has 2 aromatic carbocycles. The summed E-state index contributed by atoms with van der Waals surface area (Å²) in [6, 6.07) is 12.8. The molecule has 0 radical (unpaired) electrons. The SMILES string of the molecule is CCC(=O)N(CCC(C)C)CC(=O)N(Cc1ccc(F)cc1)Cc1coc2ccccc2c1=O. The van der Waals surface area contributed by atoms with Gasteiger partial charge in [-0.25, -0.2) is 4.39 Å². The van der Waals surface area contributed by atoms with Gasteiger partial charge in [-0.05, 0) is 42.2 Å². The van der Waals surface area contributed by atoms with Gasteiger partial charge in [0.05, 0.1) is 30.3 Å². The smallest absolute Gasteiger partial charge is 0.242 e. The summed E-state index contributed by atoms with van der Waals surface area (Å²) in [5.41, 5.74) is 1.32. The Bertz CT molecular complexity index is 1190. The van der Waals surface area contributed by atoms with Gasteiger partial charge in [0.2, 0.25) is 11.8 Å². The van der Waals surface area contributed by atoms with Crippen molar-refractivity contribution in [2.75, 3.05) is 13.1 Å². The number of hydrogen-bond donors (Lipinski definition) is 0. The minimum Gasteiger partial charge on any atom is -0.464 e. The largest absolute Gasteiger partial charge is 0.464 e. The molecule has 1 heterocycles. The van der Waals surface area contributed by atoms with Gasteiger partial charge in [0.25, 0.3) is 0 Å². The third-order valence-electron chi connectivity index (χ3n) is 5.71. The van der Waals surface area contributed by atoms with Gasteiger partial charge < -0.3 is 14.2 Å². The van der Waals surface area contributed by atoms with Crippen molar-refractivity contribution >= 4 is 22.8 Å². The number of rotatable bonds is 10. The quantitative estimate of drug-likeness (QED) is 0.433. The first kappa shape index (κ1) is 25.1. The molecule has 0 aliphatic heterocycles. The molecule has 34 heavy (non-hydrogen) atoms. The van der Waals surface area contributed by atoms with Gasteiger partial charge in [0, 0.05) is 19.5 Å².